The van der Waals surface area contributed by atoms with E-state index in [0.29, 0.717) is 13.0 Å². The highest BCUT2D eigenvalue weighted by Crippen LogP contribution is 2.30. The maximum absolute atomic E-state index is 13.0. The van der Waals surface area contributed by atoms with Crippen molar-refractivity contribution in [3.05, 3.63) is 35.9 Å². The van der Waals surface area contributed by atoms with Gasteiger partial charge in [0.25, 0.3) is 0 Å². The van der Waals surface area contributed by atoms with Gasteiger partial charge in [0, 0.05) is 12.6 Å². The molecule has 2 aliphatic rings. The molecule has 5 nitrogen and oxygen atoms in total. The Labute approximate surface area is 143 Å². The molecular weight excluding hydrogens is 304 g/mol. The van der Waals surface area contributed by atoms with Crippen molar-refractivity contribution in [1.29, 1.82) is 0 Å². The molecular formula is C19H26N2O3. The highest BCUT2D eigenvalue weighted by atomic mass is 16.4. The third kappa shape index (κ3) is 3.78. The number of nitrogens with zero attached hydrogens (tertiary/aromatic N) is 1. The van der Waals surface area contributed by atoms with Crippen molar-refractivity contribution < 1.29 is 14.7 Å². The fourth-order valence-electron chi connectivity index (χ4n) is 4.02. The van der Waals surface area contributed by atoms with E-state index >= 15 is 0 Å². The number of rotatable bonds is 5. The maximum Gasteiger partial charge on any atom is 0.320 e. The lowest BCUT2D eigenvalue weighted by molar-refractivity contribution is -0.144. The molecule has 130 valence electrons. The molecule has 0 bridgehead atoms. The summed E-state index contributed by atoms with van der Waals surface area (Å²) >= 11 is 0. The quantitative estimate of drug-likeness (QED) is 0.871. The molecule has 1 amide bonds. The number of nitrogens with one attached hydrogen (secondary N) is 1. The minimum Gasteiger partial charge on any atom is -0.480 e. The van der Waals surface area contributed by atoms with E-state index in [0.717, 1.165) is 37.7 Å². The Balaban J connectivity index is 1.82. The van der Waals surface area contributed by atoms with Crippen LogP contribution in [-0.2, 0) is 9.59 Å². The maximum atomic E-state index is 13.0. The number of amides is 1. The Morgan fingerprint density at radius 2 is 1.75 bits per heavy atom. The molecule has 1 aromatic carbocycles. The van der Waals surface area contributed by atoms with Crippen molar-refractivity contribution in [3.63, 3.8) is 0 Å². The normalized spacial score (nSPS) is 23.8. The van der Waals surface area contributed by atoms with Crippen LogP contribution in [0.4, 0.5) is 0 Å². The lowest BCUT2D eigenvalue weighted by Gasteiger charge is -2.32. The summed E-state index contributed by atoms with van der Waals surface area (Å²) in [6, 6.07) is 8.69. The summed E-state index contributed by atoms with van der Waals surface area (Å²) in [6.07, 6.45) is 7.02. The minimum absolute atomic E-state index is 0.0544. The second kappa shape index (κ2) is 7.79. The summed E-state index contributed by atoms with van der Waals surface area (Å²) in [5.74, 6) is -0.889. The number of likely N-dealkylation sites (tertiary alicyclic amines) is 1. The van der Waals surface area contributed by atoms with Crippen LogP contribution in [0.2, 0.25) is 0 Å². The molecule has 1 saturated heterocycles. The van der Waals surface area contributed by atoms with Gasteiger partial charge in [-0.05, 0) is 31.2 Å². The number of carbonyl (C=O) groups is 2. The lowest BCUT2D eigenvalue weighted by Crippen LogP contribution is -2.48. The highest BCUT2D eigenvalue weighted by molar-refractivity contribution is 5.85. The fraction of sp³-hybridized carbons (Fsp3) is 0.579. The van der Waals surface area contributed by atoms with E-state index in [2.05, 4.69) is 5.32 Å². The summed E-state index contributed by atoms with van der Waals surface area (Å²) in [5.41, 5.74) is 0.874. The van der Waals surface area contributed by atoms with Crippen molar-refractivity contribution >= 4 is 11.9 Å². The van der Waals surface area contributed by atoms with E-state index in [9.17, 15) is 14.7 Å². The van der Waals surface area contributed by atoms with Gasteiger partial charge in [-0.1, -0.05) is 49.6 Å². The predicted octanol–water partition coefficient (Wildman–Crippen LogP) is 2.73. The second-order valence-electron chi connectivity index (χ2n) is 6.89. The van der Waals surface area contributed by atoms with Crippen molar-refractivity contribution in [2.75, 3.05) is 6.54 Å². The Morgan fingerprint density at radius 1 is 1.04 bits per heavy atom. The number of carboxylic acids is 1. The first-order chi connectivity index (χ1) is 11.7. The van der Waals surface area contributed by atoms with Gasteiger partial charge in [-0.25, -0.2) is 0 Å². The van der Waals surface area contributed by atoms with Gasteiger partial charge in [0.2, 0.25) is 5.91 Å². The third-order valence-electron chi connectivity index (χ3n) is 5.23. The zero-order valence-electron chi connectivity index (χ0n) is 14.0. The van der Waals surface area contributed by atoms with E-state index in [-0.39, 0.29) is 11.9 Å². The van der Waals surface area contributed by atoms with E-state index in [1.165, 1.54) is 6.42 Å². The van der Waals surface area contributed by atoms with Crippen LogP contribution >= 0.6 is 0 Å². The van der Waals surface area contributed by atoms with Crippen LogP contribution in [0.3, 0.4) is 0 Å². The van der Waals surface area contributed by atoms with Crippen LogP contribution < -0.4 is 5.32 Å². The fourth-order valence-corrected chi connectivity index (χ4v) is 4.02. The Kier molecular flexibility index (Phi) is 5.51. The molecule has 3 rings (SSSR count). The first kappa shape index (κ1) is 17.0. The molecule has 2 N–H and O–H groups in total. The molecule has 1 aromatic rings. The van der Waals surface area contributed by atoms with Gasteiger partial charge in [-0.15, -0.1) is 0 Å². The average Bonchev–Trinajstić information content (AvgIpc) is 3.06. The number of hydrogen-bond donors (Lipinski definition) is 2. The van der Waals surface area contributed by atoms with Crippen LogP contribution in [0.15, 0.2) is 30.3 Å². The van der Waals surface area contributed by atoms with E-state index in [1.807, 2.05) is 35.2 Å². The second-order valence-corrected chi connectivity index (χ2v) is 6.89. The predicted molar refractivity (Wildman–Crippen MR) is 91.6 cm³/mol. The lowest BCUT2D eigenvalue weighted by atomic mass is 9.94. The van der Waals surface area contributed by atoms with Gasteiger partial charge in [-0.2, -0.15) is 0 Å². The highest BCUT2D eigenvalue weighted by Gasteiger charge is 2.39. The molecule has 1 heterocycles. The molecule has 0 spiro atoms. The first-order valence-electron chi connectivity index (χ1n) is 9.00. The number of aliphatic carboxylic acids is 1. The van der Waals surface area contributed by atoms with Crippen LogP contribution in [0.25, 0.3) is 0 Å². The summed E-state index contributed by atoms with van der Waals surface area (Å²) in [6.45, 7) is 0.647. The zero-order valence-corrected chi connectivity index (χ0v) is 14.0. The molecule has 0 aromatic heterocycles. The number of hydrogen-bond acceptors (Lipinski definition) is 3. The molecule has 5 heteroatoms. The topological polar surface area (TPSA) is 69.6 Å². The van der Waals surface area contributed by atoms with Gasteiger partial charge in [0.1, 0.15) is 12.1 Å². The number of benzene rings is 1. The summed E-state index contributed by atoms with van der Waals surface area (Å²) in [5, 5.41) is 12.7. The minimum atomic E-state index is -0.834. The van der Waals surface area contributed by atoms with Gasteiger partial charge >= 0.3 is 5.97 Å². The molecule has 2 fully saturated rings. The zero-order chi connectivity index (χ0) is 16.9. The van der Waals surface area contributed by atoms with Crippen molar-refractivity contribution in [2.24, 2.45) is 0 Å². The molecule has 1 aliphatic carbocycles. The molecule has 24 heavy (non-hydrogen) atoms. The average molecular weight is 330 g/mol. The standard InChI is InChI=1S/C19H26N2O3/c22-18(20-15-10-5-2-6-11-15)17(14-8-3-1-4-9-14)21-13-7-12-16(21)19(23)24/h1,3-4,8-9,15-17H,2,5-7,10-13H2,(H,20,22)(H,23,24)/t16-,17?/m0/s1. The van der Waals surface area contributed by atoms with Crippen LogP contribution in [0.1, 0.15) is 56.6 Å². The van der Waals surface area contributed by atoms with Crippen LogP contribution in [0, 0.1) is 0 Å². The Hall–Kier alpha value is -1.88. The van der Waals surface area contributed by atoms with Crippen molar-refractivity contribution in [2.45, 2.75) is 63.1 Å². The van der Waals surface area contributed by atoms with E-state index < -0.39 is 18.1 Å². The number of carbonyl (C=O) groups excluding carboxylic acids is 1. The first-order valence-corrected chi connectivity index (χ1v) is 9.00. The van der Waals surface area contributed by atoms with E-state index in [1.54, 1.807) is 0 Å². The SMILES string of the molecule is O=C(NC1CCCCC1)C(c1ccccc1)N1CCC[C@H]1C(=O)O. The molecule has 1 saturated carbocycles. The van der Waals surface area contributed by atoms with Crippen molar-refractivity contribution in [1.82, 2.24) is 10.2 Å². The monoisotopic (exact) mass is 330 g/mol. The van der Waals surface area contributed by atoms with Gasteiger partial charge < -0.3 is 10.4 Å². The largest absolute Gasteiger partial charge is 0.480 e. The molecule has 1 aliphatic heterocycles. The van der Waals surface area contributed by atoms with Crippen LogP contribution in [-0.4, -0.2) is 40.5 Å². The van der Waals surface area contributed by atoms with Crippen molar-refractivity contribution in [3.8, 4) is 0 Å². The number of carboxylic acid groups (broad SMARTS) is 1. The Morgan fingerprint density at radius 3 is 2.42 bits per heavy atom. The summed E-state index contributed by atoms with van der Waals surface area (Å²) < 4.78 is 0. The van der Waals surface area contributed by atoms with Gasteiger partial charge in [-0.3, -0.25) is 14.5 Å². The summed E-state index contributed by atoms with van der Waals surface area (Å²) in [4.78, 5) is 26.5. The van der Waals surface area contributed by atoms with Crippen LogP contribution in [0.5, 0.6) is 0 Å². The van der Waals surface area contributed by atoms with Gasteiger partial charge in [0.05, 0.1) is 0 Å². The van der Waals surface area contributed by atoms with E-state index in [4.69, 9.17) is 0 Å². The molecule has 2 atom stereocenters. The third-order valence-corrected chi connectivity index (χ3v) is 5.23. The smallest absolute Gasteiger partial charge is 0.320 e. The Bertz CT molecular complexity index is 569. The molecule has 1 unspecified atom stereocenters. The summed E-state index contributed by atoms with van der Waals surface area (Å²) in [7, 11) is 0. The molecule has 0 radical (unpaired) electrons. The van der Waals surface area contributed by atoms with Gasteiger partial charge in [0.15, 0.2) is 0 Å².